The van der Waals surface area contributed by atoms with Crippen molar-refractivity contribution in [2.24, 2.45) is 0 Å². The number of hydrogen-bond acceptors (Lipinski definition) is 5. The quantitative estimate of drug-likeness (QED) is 0.635. The zero-order chi connectivity index (χ0) is 19.7. The van der Waals surface area contributed by atoms with E-state index >= 15 is 0 Å². The van der Waals surface area contributed by atoms with E-state index in [9.17, 15) is 9.59 Å². The van der Waals surface area contributed by atoms with Gasteiger partial charge in [0.2, 0.25) is 0 Å². The van der Waals surface area contributed by atoms with E-state index < -0.39 is 0 Å². The van der Waals surface area contributed by atoms with Crippen LogP contribution < -0.4 is 4.74 Å². The first-order chi connectivity index (χ1) is 13.6. The Kier molecular flexibility index (Phi) is 4.83. The van der Waals surface area contributed by atoms with Crippen molar-refractivity contribution >= 4 is 34.3 Å². The molecule has 4 rings (SSSR count). The second-order valence-corrected chi connectivity index (χ2v) is 6.64. The molecule has 1 aliphatic heterocycles. The summed E-state index contributed by atoms with van der Waals surface area (Å²) in [6.45, 7) is 0.833. The van der Waals surface area contributed by atoms with Crippen molar-refractivity contribution in [2.45, 2.75) is 6.42 Å². The molecule has 8 heteroatoms. The number of aromatic nitrogens is 2. The van der Waals surface area contributed by atoms with Crippen molar-refractivity contribution in [1.82, 2.24) is 20.0 Å². The van der Waals surface area contributed by atoms with Gasteiger partial charge < -0.3 is 4.74 Å². The SMILES string of the molecule is COc1cc(C(=O)N2CCCN2C(=O)c2cccnc2Cl)nc2ccccc12. The number of rotatable bonds is 3. The summed E-state index contributed by atoms with van der Waals surface area (Å²) < 4.78 is 5.42. The monoisotopic (exact) mass is 396 g/mol. The fraction of sp³-hybridized carbons (Fsp3) is 0.200. The number of carbonyl (C=O) groups excluding carboxylic acids is 2. The lowest BCUT2D eigenvalue weighted by atomic mass is 10.1. The molecule has 142 valence electrons. The van der Waals surface area contributed by atoms with Crippen molar-refractivity contribution in [3.05, 3.63) is 65.1 Å². The molecule has 1 saturated heterocycles. The Morgan fingerprint density at radius 1 is 1.07 bits per heavy atom. The van der Waals surface area contributed by atoms with E-state index in [-0.39, 0.29) is 28.2 Å². The lowest BCUT2D eigenvalue weighted by molar-refractivity contribution is 0.0182. The van der Waals surface area contributed by atoms with Crippen molar-refractivity contribution in [2.75, 3.05) is 20.2 Å². The summed E-state index contributed by atoms with van der Waals surface area (Å²) in [4.78, 5) is 34.5. The minimum Gasteiger partial charge on any atom is -0.496 e. The molecule has 7 nitrogen and oxygen atoms in total. The third-order valence-electron chi connectivity index (χ3n) is 4.61. The lowest BCUT2D eigenvalue weighted by Gasteiger charge is -2.28. The summed E-state index contributed by atoms with van der Waals surface area (Å²) in [6, 6.07) is 12.3. The van der Waals surface area contributed by atoms with Crippen molar-refractivity contribution in [3.8, 4) is 5.75 Å². The Morgan fingerprint density at radius 3 is 2.57 bits per heavy atom. The van der Waals surface area contributed by atoms with E-state index in [1.54, 1.807) is 25.3 Å². The maximum atomic E-state index is 13.2. The van der Waals surface area contributed by atoms with Crippen LogP contribution in [0.5, 0.6) is 5.75 Å². The number of hydrogen-bond donors (Lipinski definition) is 0. The Hall–Kier alpha value is -3.19. The summed E-state index contributed by atoms with van der Waals surface area (Å²) in [5, 5.41) is 3.73. The van der Waals surface area contributed by atoms with Gasteiger partial charge in [-0.1, -0.05) is 23.7 Å². The van der Waals surface area contributed by atoms with E-state index in [4.69, 9.17) is 16.3 Å². The van der Waals surface area contributed by atoms with Crippen LogP contribution >= 0.6 is 11.6 Å². The van der Waals surface area contributed by atoms with Gasteiger partial charge in [-0.15, -0.1) is 0 Å². The molecule has 0 aliphatic carbocycles. The van der Waals surface area contributed by atoms with Crippen LogP contribution in [0.25, 0.3) is 10.9 Å². The molecular weight excluding hydrogens is 380 g/mol. The third-order valence-corrected chi connectivity index (χ3v) is 4.91. The number of fused-ring (bicyclic) bond motifs is 1. The van der Waals surface area contributed by atoms with Gasteiger partial charge in [0.1, 0.15) is 16.6 Å². The van der Waals surface area contributed by atoms with Gasteiger partial charge in [-0.25, -0.2) is 20.0 Å². The highest BCUT2D eigenvalue weighted by atomic mass is 35.5. The molecular formula is C20H17ClN4O3. The van der Waals surface area contributed by atoms with Crippen LogP contribution in [-0.2, 0) is 0 Å². The van der Waals surface area contributed by atoms with Crippen molar-refractivity contribution < 1.29 is 14.3 Å². The van der Waals surface area contributed by atoms with Crippen LogP contribution in [-0.4, -0.2) is 52.0 Å². The maximum absolute atomic E-state index is 13.2. The number of halogens is 1. The third kappa shape index (κ3) is 3.14. The summed E-state index contributed by atoms with van der Waals surface area (Å²) in [7, 11) is 1.55. The van der Waals surface area contributed by atoms with Crippen LogP contribution in [0.3, 0.4) is 0 Å². The number of benzene rings is 1. The van der Waals surface area contributed by atoms with Crippen LogP contribution in [0.15, 0.2) is 48.7 Å². The van der Waals surface area contributed by atoms with Gasteiger partial charge in [-0.05, 0) is 30.7 Å². The van der Waals surface area contributed by atoms with E-state index in [1.165, 1.54) is 16.2 Å². The van der Waals surface area contributed by atoms with Crippen molar-refractivity contribution in [3.63, 3.8) is 0 Å². The molecule has 1 fully saturated rings. The number of amides is 2. The molecule has 1 aliphatic rings. The first-order valence-corrected chi connectivity index (χ1v) is 9.16. The average molecular weight is 397 g/mol. The van der Waals surface area contributed by atoms with Gasteiger partial charge in [0.15, 0.2) is 0 Å². The molecule has 0 saturated carbocycles. The first kappa shape index (κ1) is 18.2. The summed E-state index contributed by atoms with van der Waals surface area (Å²) in [6.07, 6.45) is 2.18. The second kappa shape index (κ2) is 7.44. The van der Waals surface area contributed by atoms with Crippen LogP contribution in [0.4, 0.5) is 0 Å². The number of methoxy groups -OCH3 is 1. The minimum atomic E-state index is -0.366. The molecule has 0 atom stereocenters. The normalized spacial score (nSPS) is 13.8. The summed E-state index contributed by atoms with van der Waals surface area (Å²) >= 11 is 6.06. The summed E-state index contributed by atoms with van der Waals surface area (Å²) in [5.74, 6) is -0.173. The molecule has 0 radical (unpaired) electrons. The molecule has 1 aromatic carbocycles. The van der Waals surface area contributed by atoms with Crippen LogP contribution in [0.2, 0.25) is 5.15 Å². The molecule has 0 bridgehead atoms. The zero-order valence-electron chi connectivity index (χ0n) is 15.1. The zero-order valence-corrected chi connectivity index (χ0v) is 15.9. The largest absolute Gasteiger partial charge is 0.496 e. The van der Waals surface area contributed by atoms with Crippen molar-refractivity contribution in [1.29, 1.82) is 0 Å². The Balaban J connectivity index is 1.68. The highest BCUT2D eigenvalue weighted by molar-refractivity contribution is 6.32. The van der Waals surface area contributed by atoms with E-state index in [0.29, 0.717) is 30.8 Å². The highest BCUT2D eigenvalue weighted by Crippen LogP contribution is 2.27. The molecule has 2 aromatic heterocycles. The average Bonchev–Trinajstić information content (AvgIpc) is 3.22. The smallest absolute Gasteiger partial charge is 0.291 e. The van der Waals surface area contributed by atoms with Gasteiger partial charge in [0.25, 0.3) is 11.8 Å². The lowest BCUT2D eigenvalue weighted by Crippen LogP contribution is -2.45. The number of pyridine rings is 2. The number of hydrazine groups is 1. The minimum absolute atomic E-state index is 0.109. The summed E-state index contributed by atoms with van der Waals surface area (Å²) in [5.41, 5.74) is 1.12. The van der Waals surface area contributed by atoms with Gasteiger partial charge in [-0.2, -0.15) is 0 Å². The van der Waals surface area contributed by atoms with Crippen LogP contribution in [0, 0.1) is 0 Å². The molecule has 3 aromatic rings. The fourth-order valence-electron chi connectivity index (χ4n) is 3.27. The predicted octanol–water partition coefficient (Wildman–Crippen LogP) is 3.20. The van der Waals surface area contributed by atoms with E-state index in [1.807, 2.05) is 24.3 Å². The maximum Gasteiger partial charge on any atom is 0.291 e. The molecule has 28 heavy (non-hydrogen) atoms. The number of para-hydroxylation sites is 1. The topological polar surface area (TPSA) is 75.6 Å². The molecule has 3 heterocycles. The van der Waals surface area contributed by atoms with E-state index in [2.05, 4.69) is 9.97 Å². The standard InChI is InChI=1S/C20H17ClN4O3/c1-28-17-12-16(23-15-8-3-2-6-13(15)17)20(27)25-11-5-10-24(25)19(26)14-7-4-9-22-18(14)21/h2-4,6-9,12H,5,10-11H2,1H3. The van der Waals surface area contributed by atoms with Crippen LogP contribution in [0.1, 0.15) is 27.3 Å². The molecule has 0 N–H and O–H groups in total. The number of carbonyl (C=O) groups is 2. The highest BCUT2D eigenvalue weighted by Gasteiger charge is 2.33. The second-order valence-electron chi connectivity index (χ2n) is 6.28. The molecule has 0 spiro atoms. The number of ether oxygens (including phenoxy) is 1. The molecule has 2 amide bonds. The van der Waals surface area contributed by atoms with Gasteiger partial charge in [0.05, 0.1) is 18.2 Å². The molecule has 0 unspecified atom stereocenters. The Labute approximate surface area is 166 Å². The first-order valence-electron chi connectivity index (χ1n) is 8.78. The van der Waals surface area contributed by atoms with Gasteiger partial charge in [-0.3, -0.25) is 9.59 Å². The van der Waals surface area contributed by atoms with E-state index in [0.717, 1.165) is 5.39 Å². The Bertz CT molecular complexity index is 1070. The fourth-order valence-corrected chi connectivity index (χ4v) is 3.47. The predicted molar refractivity (Wildman–Crippen MR) is 104 cm³/mol. The van der Waals surface area contributed by atoms with Gasteiger partial charge >= 0.3 is 0 Å². The number of nitrogens with zero attached hydrogens (tertiary/aromatic N) is 4. The van der Waals surface area contributed by atoms with Gasteiger partial charge in [0, 0.05) is 30.7 Å². The Morgan fingerprint density at radius 2 is 1.82 bits per heavy atom.